The summed E-state index contributed by atoms with van der Waals surface area (Å²) < 4.78 is 0. The molecule has 0 saturated carbocycles. The molecule has 3 amide bonds. The molecule has 1 spiro atoms. The van der Waals surface area contributed by atoms with Gasteiger partial charge in [-0.1, -0.05) is 30.3 Å². The molecule has 0 aliphatic carbocycles. The smallest absolute Gasteiger partial charge is 0.309 e. The van der Waals surface area contributed by atoms with Gasteiger partial charge in [-0.3, -0.25) is 14.6 Å². The molecule has 32 heavy (non-hydrogen) atoms. The predicted molar refractivity (Wildman–Crippen MR) is 126 cm³/mol. The lowest BCUT2D eigenvalue weighted by atomic mass is 9.85. The number of aromatic nitrogens is 1. The molecule has 2 aromatic rings. The Morgan fingerprint density at radius 2 is 1.84 bits per heavy atom. The normalized spacial score (nSPS) is 19.0. The Morgan fingerprint density at radius 1 is 1.09 bits per heavy atom. The molecule has 4 rings (SSSR count). The standard InChI is InChI=1S/C24H33N5O2S/c1-26(2)13-6-14-28-22(30)24(10-16-27(17-11-24)19-21-25-12-18-32-21)29(23(28)31)15-9-20-7-4-3-5-8-20/h3-5,7-8,12,18H,6,9-11,13-17,19H2,1-2H3. The highest BCUT2D eigenvalue weighted by molar-refractivity contribution is 7.09. The number of urea groups is 1. The molecule has 2 fully saturated rings. The van der Waals surface area contributed by atoms with Crippen molar-refractivity contribution in [3.8, 4) is 0 Å². The maximum atomic E-state index is 13.6. The van der Waals surface area contributed by atoms with Gasteiger partial charge in [0, 0.05) is 37.8 Å². The molecule has 7 nitrogen and oxygen atoms in total. The van der Waals surface area contributed by atoms with Gasteiger partial charge in [0.05, 0.1) is 6.54 Å². The van der Waals surface area contributed by atoms with E-state index in [1.54, 1.807) is 11.3 Å². The topological polar surface area (TPSA) is 60.0 Å². The SMILES string of the molecule is CN(C)CCCN1C(=O)N(CCc2ccccc2)C2(CCN(Cc3nccs3)CC2)C1=O. The Balaban J connectivity index is 1.48. The maximum Gasteiger partial charge on any atom is 0.327 e. The zero-order valence-electron chi connectivity index (χ0n) is 19.1. The van der Waals surface area contributed by atoms with Gasteiger partial charge in [0.1, 0.15) is 10.5 Å². The van der Waals surface area contributed by atoms with Gasteiger partial charge in [-0.25, -0.2) is 9.78 Å². The summed E-state index contributed by atoms with van der Waals surface area (Å²) in [6.07, 6.45) is 4.75. The molecule has 0 bridgehead atoms. The maximum absolute atomic E-state index is 13.6. The minimum Gasteiger partial charge on any atom is -0.309 e. The van der Waals surface area contributed by atoms with E-state index in [0.717, 1.165) is 44.0 Å². The zero-order valence-corrected chi connectivity index (χ0v) is 19.9. The number of thiazole rings is 1. The van der Waals surface area contributed by atoms with E-state index in [9.17, 15) is 9.59 Å². The monoisotopic (exact) mass is 455 g/mol. The number of carbonyl (C=O) groups is 2. The second-order valence-electron chi connectivity index (χ2n) is 9.02. The van der Waals surface area contributed by atoms with Crippen LogP contribution in [0, 0.1) is 0 Å². The molecular weight excluding hydrogens is 422 g/mol. The highest BCUT2D eigenvalue weighted by Crippen LogP contribution is 2.38. The van der Waals surface area contributed by atoms with Crippen molar-refractivity contribution >= 4 is 23.3 Å². The zero-order chi connectivity index (χ0) is 22.6. The summed E-state index contributed by atoms with van der Waals surface area (Å²) in [4.78, 5) is 39.3. The Morgan fingerprint density at radius 3 is 2.50 bits per heavy atom. The molecule has 3 heterocycles. The van der Waals surface area contributed by atoms with E-state index in [4.69, 9.17) is 0 Å². The van der Waals surface area contributed by atoms with Crippen LogP contribution in [-0.2, 0) is 17.8 Å². The summed E-state index contributed by atoms with van der Waals surface area (Å²) >= 11 is 1.66. The van der Waals surface area contributed by atoms with Gasteiger partial charge in [-0.2, -0.15) is 0 Å². The predicted octanol–water partition coefficient (Wildman–Crippen LogP) is 2.94. The highest BCUT2D eigenvalue weighted by atomic mass is 32.1. The quantitative estimate of drug-likeness (QED) is 0.544. The number of piperidine rings is 1. The number of likely N-dealkylation sites (tertiary alicyclic amines) is 1. The van der Waals surface area contributed by atoms with Crippen LogP contribution in [0.4, 0.5) is 4.79 Å². The third-order valence-corrected chi connectivity index (χ3v) is 7.37. The second kappa shape index (κ2) is 10.1. The number of rotatable bonds is 9. The molecule has 0 atom stereocenters. The van der Waals surface area contributed by atoms with Crippen LogP contribution < -0.4 is 0 Å². The Labute approximate surface area is 194 Å². The lowest BCUT2D eigenvalue weighted by molar-refractivity contribution is -0.135. The van der Waals surface area contributed by atoms with Crippen LogP contribution in [0.2, 0.25) is 0 Å². The summed E-state index contributed by atoms with van der Waals surface area (Å²) in [6, 6.07) is 10.1. The number of benzene rings is 1. The van der Waals surface area contributed by atoms with Gasteiger partial charge < -0.3 is 9.80 Å². The first kappa shape index (κ1) is 22.9. The molecule has 8 heteroatoms. The van der Waals surface area contributed by atoms with Gasteiger partial charge >= 0.3 is 6.03 Å². The fraction of sp³-hybridized carbons (Fsp3) is 0.542. The van der Waals surface area contributed by atoms with Crippen LogP contribution in [-0.4, -0.2) is 88.9 Å². The van der Waals surface area contributed by atoms with Gasteiger partial charge in [-0.15, -0.1) is 11.3 Å². The summed E-state index contributed by atoms with van der Waals surface area (Å²) in [5.74, 6) is 0.00298. The molecule has 172 valence electrons. The second-order valence-corrected chi connectivity index (χ2v) is 10.00. The van der Waals surface area contributed by atoms with Gasteiger partial charge in [0.25, 0.3) is 5.91 Å². The molecule has 0 radical (unpaired) electrons. The number of hydrogen-bond acceptors (Lipinski definition) is 6. The van der Waals surface area contributed by atoms with Crippen molar-refractivity contribution in [2.45, 2.75) is 37.8 Å². The fourth-order valence-corrected chi connectivity index (χ4v) is 5.46. The van der Waals surface area contributed by atoms with Crippen molar-refractivity contribution in [1.82, 2.24) is 24.6 Å². The van der Waals surface area contributed by atoms with Crippen molar-refractivity contribution in [3.05, 3.63) is 52.5 Å². The Hall–Kier alpha value is -2.29. The first-order chi connectivity index (χ1) is 15.5. The van der Waals surface area contributed by atoms with E-state index < -0.39 is 5.54 Å². The molecule has 2 aliphatic heterocycles. The molecule has 1 aromatic carbocycles. The lowest BCUT2D eigenvalue weighted by Crippen LogP contribution is -2.56. The van der Waals surface area contributed by atoms with E-state index >= 15 is 0 Å². The Bertz CT molecular complexity index is 894. The molecule has 0 unspecified atom stereocenters. The first-order valence-corrected chi connectivity index (χ1v) is 12.3. The van der Waals surface area contributed by atoms with Crippen LogP contribution >= 0.6 is 11.3 Å². The number of nitrogens with zero attached hydrogens (tertiary/aromatic N) is 5. The van der Waals surface area contributed by atoms with E-state index in [2.05, 4.69) is 26.9 Å². The van der Waals surface area contributed by atoms with Crippen LogP contribution in [0.15, 0.2) is 41.9 Å². The van der Waals surface area contributed by atoms with Crippen LogP contribution in [0.1, 0.15) is 29.8 Å². The van der Waals surface area contributed by atoms with E-state index in [-0.39, 0.29) is 11.9 Å². The fourth-order valence-electron chi connectivity index (χ4n) is 4.81. The first-order valence-electron chi connectivity index (χ1n) is 11.4. The van der Waals surface area contributed by atoms with E-state index in [1.165, 1.54) is 10.5 Å². The molecule has 0 N–H and O–H groups in total. The number of amides is 3. The molecule has 2 aliphatic rings. The number of imide groups is 1. The Kier molecular flexibility index (Phi) is 7.23. The van der Waals surface area contributed by atoms with Crippen LogP contribution in [0.3, 0.4) is 0 Å². The van der Waals surface area contributed by atoms with Crippen molar-refractivity contribution < 1.29 is 9.59 Å². The summed E-state index contributed by atoms with van der Waals surface area (Å²) in [7, 11) is 4.03. The van der Waals surface area contributed by atoms with Crippen molar-refractivity contribution in [1.29, 1.82) is 0 Å². The summed E-state index contributed by atoms with van der Waals surface area (Å²) in [5.41, 5.74) is 0.485. The summed E-state index contributed by atoms with van der Waals surface area (Å²) in [6.45, 7) is 4.33. The number of hydrogen-bond donors (Lipinski definition) is 0. The van der Waals surface area contributed by atoms with Gasteiger partial charge in [0.2, 0.25) is 0 Å². The average molecular weight is 456 g/mol. The van der Waals surface area contributed by atoms with Crippen molar-refractivity contribution in [2.75, 3.05) is 46.8 Å². The third-order valence-electron chi connectivity index (χ3n) is 6.60. The van der Waals surface area contributed by atoms with Crippen molar-refractivity contribution in [2.24, 2.45) is 0 Å². The number of carbonyl (C=O) groups excluding carboxylic acids is 2. The molecule has 1 aromatic heterocycles. The minimum atomic E-state index is -0.705. The van der Waals surface area contributed by atoms with Crippen molar-refractivity contribution in [3.63, 3.8) is 0 Å². The third kappa shape index (κ3) is 4.87. The van der Waals surface area contributed by atoms with Gasteiger partial charge in [0.15, 0.2) is 0 Å². The largest absolute Gasteiger partial charge is 0.327 e. The van der Waals surface area contributed by atoms with E-state index in [1.807, 2.05) is 48.8 Å². The highest BCUT2D eigenvalue weighted by Gasteiger charge is 2.57. The van der Waals surface area contributed by atoms with Crippen LogP contribution in [0.5, 0.6) is 0 Å². The summed E-state index contributed by atoms with van der Waals surface area (Å²) in [5, 5.41) is 3.10. The van der Waals surface area contributed by atoms with Crippen LogP contribution in [0.25, 0.3) is 0 Å². The van der Waals surface area contributed by atoms with E-state index in [0.29, 0.717) is 25.9 Å². The average Bonchev–Trinajstić information content (AvgIpc) is 3.36. The molecular formula is C24H33N5O2S. The lowest BCUT2D eigenvalue weighted by Gasteiger charge is -2.42. The molecule has 2 saturated heterocycles. The minimum absolute atomic E-state index is 0.00298. The van der Waals surface area contributed by atoms with Gasteiger partial charge in [-0.05, 0) is 51.9 Å².